The second kappa shape index (κ2) is 14.7. The van der Waals surface area contributed by atoms with Crippen molar-refractivity contribution < 1.29 is 38.9 Å². The van der Waals surface area contributed by atoms with E-state index in [1.54, 1.807) is 0 Å². The van der Waals surface area contributed by atoms with Crippen molar-refractivity contribution in [2.75, 3.05) is 6.61 Å². The minimum absolute atomic E-state index is 0.0247. The van der Waals surface area contributed by atoms with Crippen molar-refractivity contribution in [1.82, 2.24) is 5.32 Å². The number of alkyl carbamates (subject to hydrolysis) is 1. The van der Waals surface area contributed by atoms with Gasteiger partial charge in [0.1, 0.15) is 24.2 Å². The van der Waals surface area contributed by atoms with E-state index in [0.717, 1.165) is 15.6 Å². The fraction of sp³-hybridized carbons (Fsp3) is 0.500. The van der Waals surface area contributed by atoms with Gasteiger partial charge in [0.2, 0.25) is 0 Å². The van der Waals surface area contributed by atoms with Gasteiger partial charge < -0.3 is 25.1 Å². The van der Waals surface area contributed by atoms with Crippen LogP contribution in [-0.2, 0) is 30.3 Å². The van der Waals surface area contributed by atoms with Gasteiger partial charge in [-0.3, -0.25) is 9.59 Å². The van der Waals surface area contributed by atoms with Gasteiger partial charge in [-0.05, 0) is 72.9 Å². The van der Waals surface area contributed by atoms with Gasteiger partial charge >= 0.3 is 12.1 Å². The molecule has 0 saturated heterocycles. The number of nitrogens with one attached hydrogen (secondary N) is 1. The first kappa shape index (κ1) is 27.7. The minimum atomic E-state index is -1.37. The molecule has 0 aliphatic heterocycles. The predicted octanol–water partition coefficient (Wildman–Crippen LogP) is 2.44. The molecule has 0 aliphatic rings. The van der Waals surface area contributed by atoms with Crippen LogP contribution in [0.2, 0.25) is 0 Å². The van der Waals surface area contributed by atoms with Crippen LogP contribution in [0, 0.1) is 3.57 Å². The maximum atomic E-state index is 12.2. The number of aryl methyl sites for hydroxylation is 1. The van der Waals surface area contributed by atoms with E-state index in [4.69, 9.17) is 14.9 Å². The summed E-state index contributed by atoms with van der Waals surface area (Å²) in [7, 11) is 0. The second-order valence-corrected chi connectivity index (χ2v) is 8.60. The molecule has 32 heavy (non-hydrogen) atoms. The van der Waals surface area contributed by atoms with Gasteiger partial charge in [-0.25, -0.2) is 9.59 Å². The van der Waals surface area contributed by atoms with Crippen LogP contribution >= 0.6 is 22.6 Å². The van der Waals surface area contributed by atoms with Gasteiger partial charge in [-0.2, -0.15) is 0 Å². The molecule has 0 spiro atoms. The predicted molar refractivity (Wildman–Crippen MR) is 123 cm³/mol. The summed E-state index contributed by atoms with van der Waals surface area (Å²) in [6.45, 7) is 0.413. The Bertz CT molecular complexity index is 809. The van der Waals surface area contributed by atoms with Gasteiger partial charge in [0.15, 0.2) is 11.9 Å². The molecule has 0 heterocycles. The first-order valence-corrected chi connectivity index (χ1v) is 11.3. The number of Topliss-reactive ketones (excluding diaryl/α,β-unsaturated/α-hetero) is 3. The van der Waals surface area contributed by atoms with E-state index in [-0.39, 0.29) is 37.2 Å². The van der Waals surface area contributed by atoms with Crippen molar-refractivity contribution in [3.8, 4) is 0 Å². The highest BCUT2D eigenvalue weighted by atomic mass is 131. The van der Waals surface area contributed by atoms with Crippen LogP contribution in [-0.4, -0.2) is 58.4 Å². The van der Waals surface area contributed by atoms with Gasteiger partial charge in [-0.15, -0.1) is 0 Å². The summed E-state index contributed by atoms with van der Waals surface area (Å²) in [6.07, 6.45) is -1.19. The highest BCUT2D eigenvalue weighted by molar-refractivity contribution is 14.1. The Hall–Kier alpha value is -2.34. The fourth-order valence-electron chi connectivity index (χ4n) is 2.86. The first-order chi connectivity index (χ1) is 15.1. The van der Waals surface area contributed by atoms with Gasteiger partial charge in [-0.1, -0.05) is 12.1 Å². The Morgan fingerprint density at radius 3 is 2.25 bits per heavy atom. The van der Waals surface area contributed by atoms with E-state index in [1.807, 2.05) is 24.3 Å². The molecule has 0 fully saturated rings. The van der Waals surface area contributed by atoms with E-state index in [9.17, 15) is 24.0 Å². The number of amides is 1. The smallest absolute Gasteiger partial charge is 0.408 e. The van der Waals surface area contributed by atoms with Crippen LogP contribution in [0.1, 0.15) is 51.0 Å². The van der Waals surface area contributed by atoms with Crippen LogP contribution in [0.3, 0.4) is 0 Å². The number of carboxylic acids is 1. The minimum Gasteiger partial charge on any atom is -0.480 e. The second-order valence-electron chi connectivity index (χ2n) is 7.35. The number of aliphatic hydroxyl groups is 1. The monoisotopic (exact) mass is 565 g/mol. The molecule has 10 heteroatoms. The van der Waals surface area contributed by atoms with E-state index in [1.165, 1.54) is 6.92 Å². The third-order valence-corrected chi connectivity index (χ3v) is 5.38. The molecule has 1 aromatic rings. The Labute approximate surface area is 200 Å². The fourth-order valence-corrected chi connectivity index (χ4v) is 3.22. The molecular weight excluding hydrogens is 537 g/mol. The van der Waals surface area contributed by atoms with Crippen molar-refractivity contribution in [2.45, 2.75) is 64.0 Å². The first-order valence-electron chi connectivity index (χ1n) is 10.2. The Morgan fingerprint density at radius 2 is 1.69 bits per heavy atom. The lowest BCUT2D eigenvalue weighted by Gasteiger charge is -2.18. The third kappa shape index (κ3) is 11.3. The average Bonchev–Trinajstić information content (AvgIpc) is 2.74. The van der Waals surface area contributed by atoms with Crippen LogP contribution in [0.4, 0.5) is 4.79 Å². The van der Waals surface area contributed by atoms with Crippen LogP contribution in [0.5, 0.6) is 0 Å². The maximum absolute atomic E-state index is 12.2. The van der Waals surface area contributed by atoms with E-state index in [0.29, 0.717) is 12.8 Å². The summed E-state index contributed by atoms with van der Waals surface area (Å²) in [6, 6.07) is 6.60. The molecule has 0 aromatic heterocycles. The van der Waals surface area contributed by atoms with E-state index >= 15 is 0 Å². The van der Waals surface area contributed by atoms with Crippen molar-refractivity contribution in [1.29, 1.82) is 0 Å². The summed E-state index contributed by atoms with van der Waals surface area (Å²) in [5.74, 6) is -2.49. The van der Waals surface area contributed by atoms with E-state index in [2.05, 4.69) is 27.9 Å². The lowest BCUT2D eigenvalue weighted by atomic mass is 10.0. The van der Waals surface area contributed by atoms with Gasteiger partial charge in [0.25, 0.3) is 0 Å². The normalized spacial score (nSPS) is 12.5. The molecule has 0 saturated carbocycles. The molecule has 2 atom stereocenters. The van der Waals surface area contributed by atoms with Gasteiger partial charge in [0, 0.05) is 22.8 Å². The lowest BCUT2D eigenvalue weighted by Crippen LogP contribution is -2.44. The number of carbonyl (C=O) groups is 5. The number of halogens is 1. The average molecular weight is 565 g/mol. The number of carboxylic acid groups (broad SMARTS) is 1. The number of aliphatic hydroxyl groups excluding tert-OH is 1. The SMILES string of the molecule is CC(=O)CC[C@H](NC(=O)O[C@@H](CCC(=O)CCCc1ccc([131I])cc1)C(=O)CO)C(=O)O. The standard InChI is InChI=1S/C22H28INO8/c1-14(26)5-11-18(21(29)30)24-22(31)32-20(19(28)13-25)12-10-17(27)4-2-3-15-6-8-16(23)9-7-15/h6-9,18,20,25H,2-5,10-13H2,1H3,(H,24,31)(H,29,30)/t18-,20-/m0/s1/i23+4. The molecule has 0 bridgehead atoms. The highest BCUT2D eigenvalue weighted by Gasteiger charge is 2.26. The Kier molecular flexibility index (Phi) is 12.7. The number of aliphatic carboxylic acids is 1. The summed E-state index contributed by atoms with van der Waals surface area (Å²) >= 11 is 2.21. The number of ether oxygens (including phenoxy) is 1. The van der Waals surface area contributed by atoms with Crippen molar-refractivity contribution >= 4 is 52.0 Å². The summed E-state index contributed by atoms with van der Waals surface area (Å²) < 4.78 is 6.09. The van der Waals surface area contributed by atoms with E-state index < -0.39 is 36.6 Å². The zero-order valence-corrected chi connectivity index (χ0v) is 20.0. The number of benzene rings is 1. The Morgan fingerprint density at radius 1 is 1.03 bits per heavy atom. The largest absolute Gasteiger partial charge is 0.480 e. The number of hydrogen-bond acceptors (Lipinski definition) is 7. The summed E-state index contributed by atoms with van der Waals surface area (Å²) in [4.78, 5) is 58.4. The van der Waals surface area contributed by atoms with Crippen LogP contribution in [0.25, 0.3) is 0 Å². The van der Waals surface area contributed by atoms with Crippen LogP contribution < -0.4 is 5.32 Å². The summed E-state index contributed by atoms with van der Waals surface area (Å²) in [5, 5.41) is 20.3. The molecule has 0 aliphatic carbocycles. The molecular formula is C22H28INO8. The zero-order chi connectivity index (χ0) is 24.1. The molecule has 0 radical (unpaired) electrons. The Balaban J connectivity index is 2.51. The molecule has 176 valence electrons. The molecule has 1 aromatic carbocycles. The number of carbonyl (C=O) groups excluding carboxylic acids is 4. The van der Waals surface area contributed by atoms with Gasteiger partial charge in [0.05, 0.1) is 0 Å². The topological polar surface area (TPSA) is 147 Å². The molecule has 1 rings (SSSR count). The molecule has 0 unspecified atom stereocenters. The number of hydrogen-bond donors (Lipinski definition) is 3. The maximum Gasteiger partial charge on any atom is 0.408 e. The van der Waals surface area contributed by atoms with Crippen molar-refractivity contribution in [2.24, 2.45) is 0 Å². The lowest BCUT2D eigenvalue weighted by molar-refractivity contribution is -0.139. The molecule has 3 N–H and O–H groups in total. The quantitative estimate of drug-likeness (QED) is 0.275. The van der Waals surface area contributed by atoms with Crippen molar-refractivity contribution in [3.05, 3.63) is 33.4 Å². The van der Waals surface area contributed by atoms with Crippen molar-refractivity contribution in [3.63, 3.8) is 0 Å². The zero-order valence-electron chi connectivity index (χ0n) is 17.8. The summed E-state index contributed by atoms with van der Waals surface area (Å²) in [5.41, 5.74) is 1.12. The number of ketones is 3. The number of rotatable bonds is 15. The molecule has 9 nitrogen and oxygen atoms in total. The third-order valence-electron chi connectivity index (χ3n) is 4.66. The van der Waals surface area contributed by atoms with Crippen LogP contribution in [0.15, 0.2) is 24.3 Å². The molecule has 1 amide bonds. The highest BCUT2D eigenvalue weighted by Crippen LogP contribution is 2.12.